The zero-order chi connectivity index (χ0) is 20.9. The van der Waals surface area contributed by atoms with Gasteiger partial charge >= 0.3 is 6.36 Å². The fourth-order valence-corrected chi connectivity index (χ4v) is 3.38. The van der Waals surface area contributed by atoms with Crippen molar-refractivity contribution in [2.45, 2.75) is 50.6 Å². The van der Waals surface area contributed by atoms with Crippen LogP contribution in [-0.2, 0) is 22.6 Å². The van der Waals surface area contributed by atoms with Crippen molar-refractivity contribution in [3.05, 3.63) is 54.0 Å². The summed E-state index contributed by atoms with van der Waals surface area (Å²) in [5.41, 5.74) is 0.135. The van der Waals surface area contributed by atoms with Crippen LogP contribution < -0.4 is 15.4 Å². The maximum Gasteiger partial charge on any atom is 0.573 e. The second-order valence-corrected chi connectivity index (χ2v) is 7.05. The monoisotopic (exact) mass is 410 g/mol. The van der Waals surface area contributed by atoms with Gasteiger partial charge in [0.1, 0.15) is 11.5 Å². The molecule has 2 heterocycles. The molecule has 1 fully saturated rings. The van der Waals surface area contributed by atoms with Crippen LogP contribution in [0.5, 0.6) is 5.75 Å². The van der Waals surface area contributed by atoms with Crippen LogP contribution in [0.4, 0.5) is 13.2 Å². The van der Waals surface area contributed by atoms with E-state index in [1.165, 1.54) is 24.3 Å². The summed E-state index contributed by atoms with van der Waals surface area (Å²) in [6.45, 7) is 0.183. The summed E-state index contributed by atoms with van der Waals surface area (Å²) in [6.07, 6.45) is -0.955. The summed E-state index contributed by atoms with van der Waals surface area (Å²) >= 11 is 0. The predicted octanol–water partition coefficient (Wildman–Crippen LogP) is 3.47. The topological polar surface area (TPSA) is 80.6 Å². The molecule has 0 aliphatic carbocycles. The summed E-state index contributed by atoms with van der Waals surface area (Å²) in [5, 5.41) is 5.71. The van der Waals surface area contributed by atoms with E-state index in [-0.39, 0.29) is 30.5 Å². The van der Waals surface area contributed by atoms with E-state index in [0.717, 1.165) is 5.76 Å². The quantitative estimate of drug-likeness (QED) is 0.699. The SMILES string of the molecule is O=C(CC[C@]1(Cc2ccco2)CCC(=O)N1)NCc1ccc(OC(F)(F)F)cc1. The van der Waals surface area contributed by atoms with Gasteiger partial charge in [0.05, 0.1) is 6.26 Å². The molecule has 29 heavy (non-hydrogen) atoms. The van der Waals surface area contributed by atoms with E-state index in [1.807, 2.05) is 6.07 Å². The highest BCUT2D eigenvalue weighted by Gasteiger charge is 2.38. The molecule has 2 aromatic rings. The third-order valence-electron chi connectivity index (χ3n) is 4.81. The molecule has 156 valence electrons. The van der Waals surface area contributed by atoms with Crippen molar-refractivity contribution in [3.8, 4) is 5.75 Å². The number of rotatable bonds is 8. The Hall–Kier alpha value is -2.97. The molecule has 0 spiro atoms. The van der Waals surface area contributed by atoms with Gasteiger partial charge in [0.25, 0.3) is 0 Å². The third kappa shape index (κ3) is 6.27. The molecule has 1 aromatic carbocycles. The van der Waals surface area contributed by atoms with Gasteiger partial charge in [-0.1, -0.05) is 12.1 Å². The van der Waals surface area contributed by atoms with Crippen molar-refractivity contribution in [3.63, 3.8) is 0 Å². The molecule has 1 aliphatic heterocycles. The standard InChI is InChI=1S/C20H21F3N2O4/c21-20(22,23)29-15-5-3-14(4-6-15)13-24-17(26)7-9-19(10-8-18(27)25-19)12-16-2-1-11-28-16/h1-6,11H,7-10,12-13H2,(H,24,26)(H,25,27)/t19-/m1/s1. The Kier molecular flexibility index (Phi) is 6.14. The normalized spacial score (nSPS) is 19.1. The van der Waals surface area contributed by atoms with Gasteiger partial charge in [-0.3, -0.25) is 9.59 Å². The van der Waals surface area contributed by atoms with Gasteiger partial charge in [0.15, 0.2) is 0 Å². The van der Waals surface area contributed by atoms with Gasteiger partial charge in [0.2, 0.25) is 11.8 Å². The predicted molar refractivity (Wildman–Crippen MR) is 96.7 cm³/mol. The Morgan fingerprint density at radius 3 is 2.59 bits per heavy atom. The highest BCUT2D eigenvalue weighted by atomic mass is 19.4. The number of halogens is 3. The molecule has 3 rings (SSSR count). The molecular weight excluding hydrogens is 389 g/mol. The van der Waals surface area contributed by atoms with Crippen LogP contribution in [0.15, 0.2) is 47.1 Å². The Morgan fingerprint density at radius 2 is 2.00 bits per heavy atom. The lowest BCUT2D eigenvalue weighted by Crippen LogP contribution is -2.44. The number of nitrogens with one attached hydrogen (secondary N) is 2. The van der Waals surface area contributed by atoms with Crippen LogP contribution in [0.3, 0.4) is 0 Å². The number of hydrogen-bond donors (Lipinski definition) is 2. The molecule has 1 aromatic heterocycles. The van der Waals surface area contributed by atoms with Gasteiger partial charge in [-0.05, 0) is 42.7 Å². The van der Waals surface area contributed by atoms with E-state index in [1.54, 1.807) is 12.3 Å². The zero-order valence-corrected chi connectivity index (χ0v) is 15.6. The number of ether oxygens (including phenoxy) is 1. The molecule has 2 N–H and O–H groups in total. The summed E-state index contributed by atoms with van der Waals surface area (Å²) in [5.74, 6) is 0.178. The maximum atomic E-state index is 12.2. The van der Waals surface area contributed by atoms with Crippen LogP contribution in [-0.4, -0.2) is 23.7 Å². The zero-order valence-electron chi connectivity index (χ0n) is 15.6. The summed E-state index contributed by atoms with van der Waals surface area (Å²) < 4.78 is 45.7. The number of carbonyl (C=O) groups excluding carboxylic acids is 2. The van der Waals surface area contributed by atoms with E-state index in [2.05, 4.69) is 15.4 Å². The van der Waals surface area contributed by atoms with Crippen LogP contribution in [0.25, 0.3) is 0 Å². The molecule has 9 heteroatoms. The molecular formula is C20H21F3N2O4. The van der Waals surface area contributed by atoms with Crippen molar-refractivity contribution in [1.82, 2.24) is 10.6 Å². The molecule has 0 unspecified atom stereocenters. The lowest BCUT2D eigenvalue weighted by atomic mass is 9.87. The van der Waals surface area contributed by atoms with Crippen molar-refractivity contribution < 1.29 is 31.9 Å². The lowest BCUT2D eigenvalue weighted by molar-refractivity contribution is -0.274. The number of carbonyl (C=O) groups is 2. The van der Waals surface area contributed by atoms with Gasteiger partial charge in [-0.2, -0.15) is 0 Å². The maximum absolute atomic E-state index is 12.2. The van der Waals surface area contributed by atoms with Gasteiger partial charge in [-0.25, -0.2) is 0 Å². The summed E-state index contributed by atoms with van der Waals surface area (Å²) in [4.78, 5) is 24.0. The van der Waals surface area contributed by atoms with E-state index in [9.17, 15) is 22.8 Å². The second-order valence-electron chi connectivity index (χ2n) is 7.05. The molecule has 6 nitrogen and oxygen atoms in total. The molecule has 0 bridgehead atoms. The fourth-order valence-electron chi connectivity index (χ4n) is 3.38. The van der Waals surface area contributed by atoms with Gasteiger partial charge in [-0.15, -0.1) is 13.2 Å². The first-order chi connectivity index (χ1) is 13.7. The van der Waals surface area contributed by atoms with Crippen molar-refractivity contribution in [1.29, 1.82) is 0 Å². The molecule has 1 aliphatic rings. The fraction of sp³-hybridized carbons (Fsp3) is 0.400. The van der Waals surface area contributed by atoms with Crippen molar-refractivity contribution in [2.75, 3.05) is 0 Å². The molecule has 2 amide bonds. The molecule has 0 saturated carbocycles. The van der Waals surface area contributed by atoms with Gasteiger partial charge < -0.3 is 19.8 Å². The minimum atomic E-state index is -4.74. The second kappa shape index (κ2) is 8.59. The van der Waals surface area contributed by atoms with E-state index < -0.39 is 11.9 Å². The van der Waals surface area contributed by atoms with Gasteiger partial charge in [0, 0.05) is 31.3 Å². The Labute approximate surface area is 165 Å². The van der Waals surface area contributed by atoms with E-state index >= 15 is 0 Å². The summed E-state index contributed by atoms with van der Waals surface area (Å²) in [6, 6.07) is 8.91. The largest absolute Gasteiger partial charge is 0.573 e. The van der Waals surface area contributed by atoms with Crippen LogP contribution >= 0.6 is 0 Å². The molecule has 0 radical (unpaired) electrons. The van der Waals surface area contributed by atoms with E-state index in [4.69, 9.17) is 4.42 Å². The van der Waals surface area contributed by atoms with Crippen LogP contribution in [0.1, 0.15) is 37.0 Å². The van der Waals surface area contributed by atoms with E-state index in [0.29, 0.717) is 31.2 Å². The average molecular weight is 410 g/mol. The molecule has 1 saturated heterocycles. The number of hydrogen-bond acceptors (Lipinski definition) is 4. The highest BCUT2D eigenvalue weighted by Crippen LogP contribution is 2.29. The number of benzene rings is 1. The number of furan rings is 1. The minimum absolute atomic E-state index is 0.0434. The van der Waals surface area contributed by atoms with Crippen molar-refractivity contribution >= 4 is 11.8 Å². The Balaban J connectivity index is 1.49. The highest BCUT2D eigenvalue weighted by molar-refractivity contribution is 5.80. The van der Waals surface area contributed by atoms with Crippen LogP contribution in [0.2, 0.25) is 0 Å². The molecule has 1 atom stereocenters. The first-order valence-electron chi connectivity index (χ1n) is 9.18. The smallest absolute Gasteiger partial charge is 0.469 e. The first-order valence-corrected chi connectivity index (χ1v) is 9.18. The lowest BCUT2D eigenvalue weighted by Gasteiger charge is -2.28. The number of alkyl halides is 3. The van der Waals surface area contributed by atoms with Crippen molar-refractivity contribution in [2.24, 2.45) is 0 Å². The number of amides is 2. The third-order valence-corrected chi connectivity index (χ3v) is 4.81. The average Bonchev–Trinajstić information content (AvgIpc) is 3.28. The van der Waals surface area contributed by atoms with Crippen LogP contribution in [0, 0.1) is 0 Å². The Bertz CT molecular complexity index is 834. The first kappa shape index (κ1) is 20.8. The minimum Gasteiger partial charge on any atom is -0.469 e. The summed E-state index contributed by atoms with van der Waals surface area (Å²) in [7, 11) is 0. The Morgan fingerprint density at radius 1 is 1.24 bits per heavy atom.